The van der Waals surface area contributed by atoms with Crippen LogP contribution in [0.4, 0.5) is 5.69 Å². The van der Waals surface area contributed by atoms with Crippen molar-refractivity contribution in [2.24, 2.45) is 5.92 Å². The van der Waals surface area contributed by atoms with Gasteiger partial charge in [-0.15, -0.1) is 0 Å². The number of piperidine rings is 1. The molecular formula is C22H24ClN3O4S. The van der Waals surface area contributed by atoms with Gasteiger partial charge in [0.2, 0.25) is 15.9 Å². The van der Waals surface area contributed by atoms with Crippen LogP contribution in [0.2, 0.25) is 5.02 Å². The minimum absolute atomic E-state index is 0.0102. The van der Waals surface area contributed by atoms with Crippen LogP contribution < -0.4 is 10.1 Å². The van der Waals surface area contributed by atoms with Crippen LogP contribution in [0, 0.1) is 17.2 Å². The second-order valence-electron chi connectivity index (χ2n) is 7.25. The highest BCUT2D eigenvalue weighted by Gasteiger charge is 2.35. The summed E-state index contributed by atoms with van der Waals surface area (Å²) in [6.45, 7) is 2.51. The molecule has 7 nitrogen and oxygen atoms in total. The second kappa shape index (κ2) is 10.1. The predicted octanol–water partition coefficient (Wildman–Crippen LogP) is 3.84. The van der Waals surface area contributed by atoms with Crippen LogP contribution >= 0.6 is 11.6 Å². The highest BCUT2D eigenvalue weighted by Crippen LogP contribution is 2.32. The van der Waals surface area contributed by atoms with E-state index >= 15 is 0 Å². The molecule has 0 unspecified atom stereocenters. The lowest BCUT2D eigenvalue weighted by atomic mass is 9.98. The van der Waals surface area contributed by atoms with Gasteiger partial charge in [-0.1, -0.05) is 23.7 Å². The number of nitrogens with one attached hydrogen (secondary N) is 1. The number of carbonyl (C=O) groups is 1. The first-order chi connectivity index (χ1) is 14.8. The molecular weight excluding hydrogens is 438 g/mol. The summed E-state index contributed by atoms with van der Waals surface area (Å²) in [5.74, 6) is -0.461. The highest BCUT2D eigenvalue weighted by atomic mass is 35.5. The minimum atomic E-state index is -3.88. The summed E-state index contributed by atoms with van der Waals surface area (Å²) in [7, 11) is -3.88. The third kappa shape index (κ3) is 5.56. The van der Waals surface area contributed by atoms with Gasteiger partial charge in [0.05, 0.1) is 25.0 Å². The number of carbonyl (C=O) groups excluding carboxylic acids is 1. The van der Waals surface area contributed by atoms with Gasteiger partial charge < -0.3 is 10.1 Å². The first kappa shape index (κ1) is 23.1. The first-order valence-electron chi connectivity index (χ1n) is 10.0. The molecule has 1 aliphatic rings. The predicted molar refractivity (Wildman–Crippen MR) is 118 cm³/mol. The Morgan fingerprint density at radius 1 is 1.29 bits per heavy atom. The van der Waals surface area contributed by atoms with Crippen molar-refractivity contribution in [2.45, 2.75) is 31.1 Å². The van der Waals surface area contributed by atoms with E-state index in [0.717, 1.165) is 5.56 Å². The van der Waals surface area contributed by atoms with Gasteiger partial charge in [0.25, 0.3) is 0 Å². The number of amides is 1. The van der Waals surface area contributed by atoms with Gasteiger partial charge in [-0.05, 0) is 55.7 Å². The molecule has 1 saturated heterocycles. The fraction of sp³-hybridized carbons (Fsp3) is 0.364. The van der Waals surface area contributed by atoms with E-state index in [4.69, 9.17) is 21.6 Å². The van der Waals surface area contributed by atoms with E-state index < -0.39 is 15.9 Å². The smallest absolute Gasteiger partial charge is 0.246 e. The first-order valence-corrected chi connectivity index (χ1v) is 11.9. The maximum atomic E-state index is 13.3. The number of nitrogens with zero attached hydrogens (tertiary/aromatic N) is 2. The van der Waals surface area contributed by atoms with Gasteiger partial charge in [0, 0.05) is 23.8 Å². The molecule has 0 aromatic heterocycles. The van der Waals surface area contributed by atoms with Crippen molar-refractivity contribution in [3.05, 3.63) is 53.1 Å². The van der Waals surface area contributed by atoms with E-state index in [1.165, 1.54) is 10.4 Å². The van der Waals surface area contributed by atoms with E-state index in [2.05, 4.69) is 11.4 Å². The average molecular weight is 462 g/mol. The summed E-state index contributed by atoms with van der Waals surface area (Å²) in [5.41, 5.74) is 1.47. The van der Waals surface area contributed by atoms with Crippen molar-refractivity contribution in [3.8, 4) is 11.8 Å². The van der Waals surface area contributed by atoms with Crippen molar-refractivity contribution < 1.29 is 17.9 Å². The van der Waals surface area contributed by atoms with Crippen molar-refractivity contribution in [2.75, 3.05) is 25.0 Å². The molecule has 31 heavy (non-hydrogen) atoms. The lowest BCUT2D eigenvalue weighted by molar-refractivity contribution is -0.120. The van der Waals surface area contributed by atoms with Gasteiger partial charge in [0.1, 0.15) is 10.6 Å². The Hall–Kier alpha value is -2.60. The summed E-state index contributed by atoms with van der Waals surface area (Å²) in [4.78, 5) is 12.8. The van der Waals surface area contributed by atoms with Crippen LogP contribution in [0.3, 0.4) is 0 Å². The fourth-order valence-corrected chi connectivity index (χ4v) is 5.43. The van der Waals surface area contributed by atoms with E-state index in [1.807, 2.05) is 0 Å². The Morgan fingerprint density at radius 3 is 2.71 bits per heavy atom. The molecule has 1 heterocycles. The van der Waals surface area contributed by atoms with E-state index in [1.54, 1.807) is 43.3 Å². The second-order valence-corrected chi connectivity index (χ2v) is 9.59. The number of hydrogen-bond acceptors (Lipinski definition) is 5. The molecule has 0 bridgehead atoms. The van der Waals surface area contributed by atoms with Crippen LogP contribution in [-0.4, -0.2) is 38.3 Å². The lowest BCUT2D eigenvalue weighted by Crippen LogP contribution is -2.43. The topological polar surface area (TPSA) is 99.5 Å². The Morgan fingerprint density at radius 2 is 2.03 bits per heavy atom. The molecule has 164 valence electrons. The van der Waals surface area contributed by atoms with Crippen LogP contribution in [-0.2, 0) is 21.2 Å². The molecule has 9 heteroatoms. The maximum absolute atomic E-state index is 13.3. The molecule has 1 fully saturated rings. The monoisotopic (exact) mass is 461 g/mol. The molecule has 0 spiro atoms. The standard InChI is InChI=1S/C22H24ClN3O4S/c1-2-30-20-10-7-18(23)14-21(20)31(28,29)26-13-3-4-17(15-26)22(27)25-19-8-5-16(6-9-19)11-12-24/h5-10,14,17H,2-4,11,13,15H2,1H3,(H,25,27)/t17-/m1/s1. The number of rotatable bonds is 7. The summed E-state index contributed by atoms with van der Waals surface area (Å²) >= 11 is 6.04. The minimum Gasteiger partial charge on any atom is -0.492 e. The Balaban J connectivity index is 1.74. The maximum Gasteiger partial charge on any atom is 0.246 e. The zero-order valence-electron chi connectivity index (χ0n) is 17.2. The van der Waals surface area contributed by atoms with Gasteiger partial charge in [0.15, 0.2) is 0 Å². The molecule has 3 rings (SSSR count). The zero-order chi connectivity index (χ0) is 22.4. The number of benzene rings is 2. The largest absolute Gasteiger partial charge is 0.492 e. The fourth-order valence-electron chi connectivity index (χ4n) is 3.51. The van der Waals surface area contributed by atoms with Crippen molar-refractivity contribution in [3.63, 3.8) is 0 Å². The third-order valence-corrected chi connectivity index (χ3v) is 7.20. The van der Waals surface area contributed by atoms with Gasteiger partial charge >= 0.3 is 0 Å². The van der Waals surface area contributed by atoms with E-state index in [-0.39, 0.29) is 23.1 Å². The summed E-state index contributed by atoms with van der Waals surface area (Å²) in [6.07, 6.45) is 1.47. The van der Waals surface area contributed by atoms with Gasteiger partial charge in [-0.2, -0.15) is 9.57 Å². The SMILES string of the molecule is CCOc1ccc(Cl)cc1S(=O)(=O)N1CCC[C@@H](C(=O)Nc2ccc(CC#N)cc2)C1. The van der Waals surface area contributed by atoms with Crippen molar-refractivity contribution in [1.82, 2.24) is 4.31 Å². The number of hydrogen-bond donors (Lipinski definition) is 1. The number of ether oxygens (including phenoxy) is 1. The van der Waals surface area contributed by atoms with Crippen LogP contribution in [0.15, 0.2) is 47.4 Å². The molecule has 1 aliphatic heterocycles. The zero-order valence-corrected chi connectivity index (χ0v) is 18.7. The summed E-state index contributed by atoms with van der Waals surface area (Å²) in [5, 5.41) is 11.9. The summed E-state index contributed by atoms with van der Waals surface area (Å²) in [6, 6.07) is 13.6. The van der Waals surface area contributed by atoms with E-state index in [9.17, 15) is 13.2 Å². The number of halogens is 1. The van der Waals surface area contributed by atoms with Crippen LogP contribution in [0.1, 0.15) is 25.3 Å². The molecule has 0 saturated carbocycles. The normalized spacial score (nSPS) is 17.0. The van der Waals surface area contributed by atoms with Crippen molar-refractivity contribution >= 4 is 33.2 Å². The molecule has 0 aliphatic carbocycles. The molecule has 1 amide bonds. The van der Waals surface area contributed by atoms with Crippen LogP contribution in [0.25, 0.3) is 0 Å². The molecule has 2 aromatic carbocycles. The Labute approximate surface area is 187 Å². The van der Waals surface area contributed by atoms with E-state index in [0.29, 0.717) is 43.1 Å². The number of anilines is 1. The van der Waals surface area contributed by atoms with Crippen molar-refractivity contribution in [1.29, 1.82) is 5.26 Å². The van der Waals surface area contributed by atoms with Gasteiger partial charge in [-0.25, -0.2) is 8.42 Å². The third-order valence-electron chi connectivity index (χ3n) is 5.08. The Kier molecular flexibility index (Phi) is 7.55. The lowest BCUT2D eigenvalue weighted by Gasteiger charge is -2.31. The Bertz CT molecular complexity index is 1080. The number of sulfonamides is 1. The summed E-state index contributed by atoms with van der Waals surface area (Å²) < 4.78 is 33.4. The van der Waals surface area contributed by atoms with Gasteiger partial charge in [-0.3, -0.25) is 4.79 Å². The number of nitriles is 1. The molecule has 1 N–H and O–H groups in total. The molecule has 1 atom stereocenters. The quantitative estimate of drug-likeness (QED) is 0.675. The highest BCUT2D eigenvalue weighted by molar-refractivity contribution is 7.89. The average Bonchev–Trinajstić information content (AvgIpc) is 2.76. The molecule has 2 aromatic rings. The van der Waals surface area contributed by atoms with Crippen LogP contribution in [0.5, 0.6) is 5.75 Å². The molecule has 0 radical (unpaired) electrons.